The molecule has 1 saturated carbocycles. The average molecular weight is 445 g/mol. The third-order valence-corrected chi connectivity index (χ3v) is 7.41. The molecule has 0 aromatic heterocycles. The van der Waals surface area contributed by atoms with E-state index in [4.69, 9.17) is 14.2 Å². The number of imide groups is 1. The summed E-state index contributed by atoms with van der Waals surface area (Å²) in [4.78, 5) is 28.4. The maximum absolute atomic E-state index is 14.0. The van der Waals surface area contributed by atoms with E-state index in [1.165, 1.54) is 4.90 Å². The summed E-state index contributed by atoms with van der Waals surface area (Å²) in [6, 6.07) is 5.48. The summed E-state index contributed by atoms with van der Waals surface area (Å²) in [5.74, 6) is 0.565. The highest BCUT2D eigenvalue weighted by molar-refractivity contribution is 6.09. The number of benzene rings is 1. The molecule has 0 bridgehead atoms. The van der Waals surface area contributed by atoms with Gasteiger partial charge < -0.3 is 19.5 Å². The van der Waals surface area contributed by atoms with Crippen molar-refractivity contribution in [1.29, 1.82) is 0 Å². The van der Waals surface area contributed by atoms with Crippen LogP contribution in [0.25, 0.3) is 0 Å². The number of hydrogen-bond donors (Lipinski definition) is 1. The van der Waals surface area contributed by atoms with Crippen molar-refractivity contribution in [3.05, 3.63) is 29.3 Å². The number of rotatable bonds is 7. The Morgan fingerprint density at radius 3 is 2.44 bits per heavy atom. The van der Waals surface area contributed by atoms with Crippen molar-refractivity contribution in [3.8, 4) is 5.75 Å². The second-order valence-corrected chi connectivity index (χ2v) is 9.93. The van der Waals surface area contributed by atoms with Crippen LogP contribution in [0.15, 0.2) is 18.2 Å². The van der Waals surface area contributed by atoms with Gasteiger partial charge in [0, 0.05) is 18.6 Å². The predicted octanol–water partition coefficient (Wildman–Crippen LogP) is 3.78. The van der Waals surface area contributed by atoms with E-state index >= 15 is 0 Å². The normalized spacial score (nSPS) is 29.5. The zero-order chi connectivity index (χ0) is 23.1. The first-order chi connectivity index (χ1) is 15.2. The first-order valence-electron chi connectivity index (χ1n) is 11.8. The molecule has 176 valence electrons. The Labute approximate surface area is 190 Å². The van der Waals surface area contributed by atoms with Gasteiger partial charge in [0.05, 0.1) is 18.8 Å². The monoisotopic (exact) mass is 444 g/mol. The van der Waals surface area contributed by atoms with E-state index < -0.39 is 5.54 Å². The number of amides is 3. The molecule has 1 unspecified atom stereocenters. The summed E-state index contributed by atoms with van der Waals surface area (Å²) < 4.78 is 17.1. The fourth-order valence-electron chi connectivity index (χ4n) is 5.86. The van der Waals surface area contributed by atoms with Gasteiger partial charge in [-0.2, -0.15) is 0 Å². The zero-order valence-corrected chi connectivity index (χ0v) is 19.9. The number of nitrogens with one attached hydrogen (secondary N) is 1. The van der Waals surface area contributed by atoms with Gasteiger partial charge in [-0.05, 0) is 83.1 Å². The Morgan fingerprint density at radius 2 is 1.84 bits per heavy atom. The van der Waals surface area contributed by atoms with Crippen molar-refractivity contribution in [2.45, 2.75) is 83.6 Å². The second-order valence-electron chi connectivity index (χ2n) is 9.93. The zero-order valence-electron chi connectivity index (χ0n) is 19.9. The van der Waals surface area contributed by atoms with Crippen LogP contribution in [-0.2, 0) is 26.2 Å². The Morgan fingerprint density at radius 1 is 1.12 bits per heavy atom. The number of ether oxygens (including phenoxy) is 3. The molecule has 2 spiro atoms. The van der Waals surface area contributed by atoms with E-state index in [2.05, 4.69) is 11.4 Å². The van der Waals surface area contributed by atoms with E-state index in [1.54, 1.807) is 7.11 Å². The Kier molecular flexibility index (Phi) is 6.25. The highest BCUT2D eigenvalue weighted by Crippen LogP contribution is 2.60. The van der Waals surface area contributed by atoms with E-state index in [9.17, 15) is 9.59 Å². The van der Waals surface area contributed by atoms with Crippen LogP contribution in [0.3, 0.4) is 0 Å². The molecule has 0 radical (unpaired) electrons. The predicted molar refractivity (Wildman–Crippen MR) is 121 cm³/mol. The fraction of sp³-hybridized carbons (Fsp3) is 0.680. The second kappa shape index (κ2) is 8.67. The van der Waals surface area contributed by atoms with Gasteiger partial charge in [-0.15, -0.1) is 0 Å². The fourth-order valence-corrected chi connectivity index (χ4v) is 5.86. The minimum Gasteiger partial charge on any atom is -0.491 e. The van der Waals surface area contributed by atoms with Crippen LogP contribution < -0.4 is 10.1 Å². The summed E-state index contributed by atoms with van der Waals surface area (Å²) >= 11 is 0. The van der Waals surface area contributed by atoms with E-state index in [0.717, 1.165) is 43.2 Å². The molecular formula is C25H36N2O5. The maximum Gasteiger partial charge on any atom is 0.325 e. The standard InChI is InChI=1S/C25H36N2O5/c1-16(2)27-22(28)25(26-23(27)29)21-14-20(32-13-12-31-17(3)4)7-6-18(21)15-24(25)10-8-19(30-5)9-11-24/h6-7,14,16-17,19H,8-13,15H2,1-5H3,(H,26,29)/t19-,24-,25?. The van der Waals surface area contributed by atoms with Crippen molar-refractivity contribution in [2.75, 3.05) is 20.3 Å². The molecule has 7 nitrogen and oxygen atoms in total. The van der Waals surface area contributed by atoms with Crippen LogP contribution in [-0.4, -0.2) is 55.4 Å². The van der Waals surface area contributed by atoms with Crippen molar-refractivity contribution < 1.29 is 23.8 Å². The third-order valence-electron chi connectivity index (χ3n) is 7.41. The van der Waals surface area contributed by atoms with Gasteiger partial charge in [0.1, 0.15) is 12.4 Å². The lowest BCUT2D eigenvalue weighted by Crippen LogP contribution is -2.57. The van der Waals surface area contributed by atoms with Crippen LogP contribution in [0.2, 0.25) is 0 Å². The molecule has 3 amide bonds. The molecule has 1 atom stereocenters. The van der Waals surface area contributed by atoms with E-state index in [0.29, 0.717) is 19.0 Å². The smallest absolute Gasteiger partial charge is 0.325 e. The number of methoxy groups -OCH3 is 1. The summed E-state index contributed by atoms with van der Waals surface area (Å²) in [5, 5.41) is 3.19. The molecule has 1 aromatic carbocycles. The molecule has 1 saturated heterocycles. The Hall–Kier alpha value is -2.12. The molecule has 2 aliphatic carbocycles. The minimum absolute atomic E-state index is 0.132. The number of carbonyl (C=O) groups excluding carboxylic acids is 2. The highest BCUT2D eigenvalue weighted by Gasteiger charge is 2.68. The summed E-state index contributed by atoms with van der Waals surface area (Å²) in [6.45, 7) is 8.68. The van der Waals surface area contributed by atoms with E-state index in [-0.39, 0.29) is 35.6 Å². The van der Waals surface area contributed by atoms with Crippen molar-refractivity contribution in [1.82, 2.24) is 10.2 Å². The SMILES string of the molecule is CO[C@H]1CC[C@]2(CC1)Cc1ccc(OCCOC(C)C)cc1C21NC(=O)N(C(C)C)C1=O. The van der Waals surface area contributed by atoms with Gasteiger partial charge in [0.25, 0.3) is 5.91 Å². The van der Waals surface area contributed by atoms with E-state index in [1.807, 2.05) is 39.8 Å². The largest absolute Gasteiger partial charge is 0.491 e. The Balaban J connectivity index is 1.70. The summed E-state index contributed by atoms with van der Waals surface area (Å²) in [7, 11) is 1.75. The molecule has 1 aromatic rings. The van der Waals surface area contributed by atoms with Gasteiger partial charge >= 0.3 is 6.03 Å². The van der Waals surface area contributed by atoms with Crippen molar-refractivity contribution in [2.24, 2.45) is 5.41 Å². The van der Waals surface area contributed by atoms with Crippen molar-refractivity contribution in [3.63, 3.8) is 0 Å². The molecule has 32 heavy (non-hydrogen) atoms. The molecule has 1 heterocycles. The van der Waals surface area contributed by atoms with Crippen LogP contribution in [0, 0.1) is 5.41 Å². The van der Waals surface area contributed by atoms with Gasteiger partial charge in [-0.3, -0.25) is 9.69 Å². The molecule has 1 N–H and O–H groups in total. The lowest BCUT2D eigenvalue weighted by molar-refractivity contribution is -0.139. The molecular weight excluding hydrogens is 408 g/mol. The van der Waals surface area contributed by atoms with Crippen LogP contribution in [0.4, 0.5) is 4.79 Å². The summed E-state index contributed by atoms with van der Waals surface area (Å²) in [6.07, 6.45) is 4.55. The first kappa shape index (κ1) is 23.1. The van der Waals surface area contributed by atoms with Gasteiger partial charge in [0.15, 0.2) is 5.54 Å². The lowest BCUT2D eigenvalue weighted by Gasteiger charge is -2.46. The number of fused-ring (bicyclic) bond motifs is 3. The van der Waals surface area contributed by atoms with Crippen LogP contribution in [0.1, 0.15) is 64.5 Å². The quantitative estimate of drug-likeness (QED) is 0.512. The minimum atomic E-state index is -1.05. The molecule has 2 fully saturated rings. The van der Waals surface area contributed by atoms with Crippen LogP contribution in [0.5, 0.6) is 5.75 Å². The number of hydrogen-bond acceptors (Lipinski definition) is 5. The number of carbonyl (C=O) groups is 2. The number of nitrogens with zero attached hydrogens (tertiary/aromatic N) is 1. The van der Waals surface area contributed by atoms with Gasteiger partial charge in [0.2, 0.25) is 0 Å². The van der Waals surface area contributed by atoms with Crippen LogP contribution >= 0.6 is 0 Å². The lowest BCUT2D eigenvalue weighted by atomic mass is 9.61. The third kappa shape index (κ3) is 3.59. The molecule has 3 aliphatic rings. The molecule has 1 aliphatic heterocycles. The van der Waals surface area contributed by atoms with Gasteiger partial charge in [-0.25, -0.2) is 4.79 Å². The number of urea groups is 1. The molecule has 4 rings (SSSR count). The average Bonchev–Trinajstić information content (AvgIpc) is 3.17. The van der Waals surface area contributed by atoms with Crippen molar-refractivity contribution >= 4 is 11.9 Å². The topological polar surface area (TPSA) is 77.1 Å². The summed E-state index contributed by atoms with van der Waals surface area (Å²) in [5.41, 5.74) is 0.610. The first-order valence-corrected chi connectivity index (χ1v) is 11.8. The highest BCUT2D eigenvalue weighted by atomic mass is 16.5. The molecule has 7 heteroatoms. The maximum atomic E-state index is 14.0. The van der Waals surface area contributed by atoms with Gasteiger partial charge in [-0.1, -0.05) is 6.07 Å². The Bertz CT molecular complexity index is 875.